The Hall–Kier alpha value is -2.43. The predicted octanol–water partition coefficient (Wildman–Crippen LogP) is 5.02. The van der Waals surface area contributed by atoms with E-state index in [-0.39, 0.29) is 29.3 Å². The molecular weight excluding hydrogens is 422 g/mol. The fourth-order valence-electron chi connectivity index (χ4n) is 6.56. The average molecular weight is 460 g/mol. The molecule has 0 radical (unpaired) electrons. The van der Waals surface area contributed by atoms with Gasteiger partial charge in [-0.3, -0.25) is 9.69 Å². The van der Waals surface area contributed by atoms with E-state index in [2.05, 4.69) is 73.4 Å². The number of aliphatic hydroxyl groups is 1. The summed E-state index contributed by atoms with van der Waals surface area (Å²) in [7, 11) is 0. The summed E-state index contributed by atoms with van der Waals surface area (Å²) in [5.74, 6) is -0.183. The second-order valence-electron chi connectivity index (χ2n) is 10.8. The van der Waals surface area contributed by atoms with E-state index in [1.165, 1.54) is 16.7 Å². The molecule has 4 heteroatoms. The number of carbonyl (C=O) groups excluding carboxylic acids is 1. The van der Waals surface area contributed by atoms with Crippen molar-refractivity contribution >= 4 is 5.97 Å². The fourth-order valence-corrected chi connectivity index (χ4v) is 6.56. The van der Waals surface area contributed by atoms with Crippen LogP contribution in [0.2, 0.25) is 0 Å². The maximum Gasteiger partial charge on any atom is 0.311 e. The van der Waals surface area contributed by atoms with Crippen molar-refractivity contribution in [2.45, 2.75) is 58.3 Å². The maximum atomic E-state index is 13.2. The number of esters is 1. The van der Waals surface area contributed by atoms with E-state index in [1.807, 2.05) is 12.1 Å². The van der Waals surface area contributed by atoms with Crippen LogP contribution in [0, 0.1) is 23.2 Å². The molecule has 0 bridgehead atoms. The molecule has 4 nitrogen and oxygen atoms in total. The third kappa shape index (κ3) is 4.34. The molecule has 0 aromatic heterocycles. The van der Waals surface area contributed by atoms with Gasteiger partial charge in [-0.2, -0.15) is 0 Å². The minimum Gasteiger partial charge on any atom is -0.461 e. The van der Waals surface area contributed by atoms with Gasteiger partial charge in [-0.15, -0.1) is 0 Å². The van der Waals surface area contributed by atoms with Gasteiger partial charge in [0.1, 0.15) is 6.10 Å². The van der Waals surface area contributed by atoms with Crippen LogP contribution in [0.5, 0.6) is 0 Å². The normalized spacial score (nSPS) is 32.6. The summed E-state index contributed by atoms with van der Waals surface area (Å²) in [6, 6.07) is 21.0. The van der Waals surface area contributed by atoms with Crippen LogP contribution < -0.4 is 0 Å². The number of hydrogen-bond acceptors (Lipinski definition) is 4. The summed E-state index contributed by atoms with van der Waals surface area (Å²) in [4.78, 5) is 15.5. The molecule has 2 aliphatic carbocycles. The van der Waals surface area contributed by atoms with Gasteiger partial charge in [-0.1, -0.05) is 86.2 Å². The fraction of sp³-hybridized carbons (Fsp3) is 0.500. The van der Waals surface area contributed by atoms with E-state index in [0.717, 1.165) is 38.8 Å². The third-order valence-corrected chi connectivity index (χ3v) is 8.83. The van der Waals surface area contributed by atoms with E-state index in [1.54, 1.807) is 0 Å². The summed E-state index contributed by atoms with van der Waals surface area (Å²) in [5.41, 5.74) is 3.56. The second-order valence-corrected chi connectivity index (χ2v) is 10.8. The Balaban J connectivity index is 1.38. The van der Waals surface area contributed by atoms with Crippen LogP contribution in [0.25, 0.3) is 0 Å². The molecule has 1 N–H and O–H groups in total. The van der Waals surface area contributed by atoms with Crippen LogP contribution >= 0.6 is 0 Å². The van der Waals surface area contributed by atoms with Gasteiger partial charge in [0.05, 0.1) is 12.0 Å². The number of benzene rings is 2. The standard InChI is InChI=1S/C30H37NO3/c1-21-10-9-15-24-18-26-27(28(32)30(21,24)2)25(29(33)34-26)20-31(19-23-13-7-4-8-14-23)17-16-22-11-5-3-6-12-22/h3-8,11-15,21,25-28,32H,9-10,16-20H2,1-2H3. The Kier molecular flexibility index (Phi) is 6.63. The first-order valence-corrected chi connectivity index (χ1v) is 12.8. The molecule has 1 saturated carbocycles. The predicted molar refractivity (Wildman–Crippen MR) is 134 cm³/mol. The third-order valence-electron chi connectivity index (χ3n) is 8.83. The number of rotatable bonds is 7. The first kappa shape index (κ1) is 23.3. The topological polar surface area (TPSA) is 49.8 Å². The lowest BCUT2D eigenvalue weighted by Crippen LogP contribution is -2.54. The van der Waals surface area contributed by atoms with E-state index in [9.17, 15) is 9.90 Å². The van der Waals surface area contributed by atoms with Gasteiger partial charge in [0, 0.05) is 37.4 Å². The number of ether oxygens (including phenoxy) is 1. The highest BCUT2D eigenvalue weighted by Gasteiger charge is 2.59. The smallest absolute Gasteiger partial charge is 0.311 e. The lowest BCUT2D eigenvalue weighted by atomic mass is 9.55. The van der Waals surface area contributed by atoms with Crippen LogP contribution in [0.4, 0.5) is 0 Å². The molecule has 5 rings (SSSR count). The SMILES string of the molecule is CC1CCC=C2CC3OC(=O)C(CN(CCc4ccccc4)Cc4ccccc4)C3C(O)C21C. The number of allylic oxidation sites excluding steroid dienone is 1. The highest BCUT2D eigenvalue weighted by Crippen LogP contribution is 2.56. The molecular formula is C30H37NO3. The van der Waals surface area contributed by atoms with Gasteiger partial charge in [0.2, 0.25) is 0 Å². The summed E-state index contributed by atoms with van der Waals surface area (Å²) >= 11 is 0. The molecule has 1 aliphatic heterocycles. The lowest BCUT2D eigenvalue weighted by Gasteiger charge is -2.52. The summed E-state index contributed by atoms with van der Waals surface area (Å²) in [5, 5.41) is 11.7. The maximum absolute atomic E-state index is 13.2. The van der Waals surface area contributed by atoms with E-state index < -0.39 is 6.10 Å². The zero-order chi connectivity index (χ0) is 23.7. The Labute approximate surface area is 203 Å². The molecule has 0 spiro atoms. The molecule has 1 heterocycles. The van der Waals surface area contributed by atoms with Crippen molar-refractivity contribution in [3.63, 3.8) is 0 Å². The zero-order valence-corrected chi connectivity index (χ0v) is 20.4. The van der Waals surface area contributed by atoms with Crippen LogP contribution in [0.15, 0.2) is 72.3 Å². The van der Waals surface area contributed by atoms with Gasteiger partial charge >= 0.3 is 5.97 Å². The summed E-state index contributed by atoms with van der Waals surface area (Å²) in [6.07, 6.45) is 5.37. The van der Waals surface area contributed by atoms with Gasteiger partial charge in [0.25, 0.3) is 0 Å². The monoisotopic (exact) mass is 459 g/mol. The van der Waals surface area contributed by atoms with Crippen molar-refractivity contribution in [3.8, 4) is 0 Å². The van der Waals surface area contributed by atoms with Crippen LogP contribution in [0.3, 0.4) is 0 Å². The molecule has 3 aliphatic rings. The first-order valence-electron chi connectivity index (χ1n) is 12.8. The zero-order valence-electron chi connectivity index (χ0n) is 20.4. The highest BCUT2D eigenvalue weighted by molar-refractivity contribution is 5.76. The first-order chi connectivity index (χ1) is 16.5. The number of fused-ring (bicyclic) bond motifs is 2. The van der Waals surface area contributed by atoms with E-state index in [4.69, 9.17) is 4.74 Å². The van der Waals surface area contributed by atoms with Crippen molar-refractivity contribution in [2.24, 2.45) is 23.2 Å². The van der Waals surface area contributed by atoms with Crippen molar-refractivity contribution in [1.29, 1.82) is 0 Å². The van der Waals surface area contributed by atoms with Gasteiger partial charge in [-0.05, 0) is 36.3 Å². The van der Waals surface area contributed by atoms with Crippen LogP contribution in [0.1, 0.15) is 44.2 Å². The Morgan fingerprint density at radius 2 is 1.74 bits per heavy atom. The molecule has 2 aromatic rings. The molecule has 2 aromatic carbocycles. The van der Waals surface area contributed by atoms with Gasteiger partial charge in [0.15, 0.2) is 0 Å². The van der Waals surface area contributed by atoms with Crippen LogP contribution in [-0.2, 0) is 22.5 Å². The van der Waals surface area contributed by atoms with Crippen molar-refractivity contribution < 1.29 is 14.6 Å². The molecule has 6 unspecified atom stereocenters. The number of nitrogens with zero attached hydrogens (tertiary/aromatic N) is 1. The average Bonchev–Trinajstić information content (AvgIpc) is 3.15. The number of aliphatic hydroxyl groups excluding tert-OH is 1. The number of carbonyl (C=O) groups is 1. The molecule has 180 valence electrons. The van der Waals surface area contributed by atoms with E-state index >= 15 is 0 Å². The molecule has 1 saturated heterocycles. The second kappa shape index (κ2) is 9.67. The largest absolute Gasteiger partial charge is 0.461 e. The molecule has 6 atom stereocenters. The lowest BCUT2D eigenvalue weighted by molar-refractivity contribution is -0.145. The van der Waals surface area contributed by atoms with Crippen LogP contribution in [-0.4, -0.2) is 41.3 Å². The highest BCUT2D eigenvalue weighted by atomic mass is 16.6. The summed E-state index contributed by atoms with van der Waals surface area (Å²) in [6.45, 7) is 6.71. The quantitative estimate of drug-likeness (QED) is 0.467. The van der Waals surface area contributed by atoms with Gasteiger partial charge < -0.3 is 9.84 Å². The van der Waals surface area contributed by atoms with Crippen molar-refractivity contribution in [2.75, 3.05) is 13.1 Å². The Bertz CT molecular complexity index is 1020. The Morgan fingerprint density at radius 1 is 1.06 bits per heavy atom. The Morgan fingerprint density at radius 3 is 2.44 bits per heavy atom. The molecule has 0 amide bonds. The minimum atomic E-state index is -0.558. The van der Waals surface area contributed by atoms with E-state index in [0.29, 0.717) is 12.5 Å². The number of hydrogen-bond donors (Lipinski definition) is 1. The van der Waals surface area contributed by atoms with Crippen molar-refractivity contribution in [3.05, 3.63) is 83.4 Å². The summed E-state index contributed by atoms with van der Waals surface area (Å²) < 4.78 is 5.92. The van der Waals surface area contributed by atoms with Gasteiger partial charge in [-0.25, -0.2) is 0 Å². The molecule has 2 fully saturated rings. The van der Waals surface area contributed by atoms with Crippen molar-refractivity contribution in [1.82, 2.24) is 4.90 Å². The minimum absolute atomic E-state index is 0.137. The molecule has 34 heavy (non-hydrogen) atoms.